The number of rotatable bonds is 7. The van der Waals surface area contributed by atoms with E-state index >= 15 is 4.39 Å². The summed E-state index contributed by atoms with van der Waals surface area (Å²) >= 11 is 0. The predicted octanol–water partition coefficient (Wildman–Crippen LogP) is 5.53. The van der Waals surface area contributed by atoms with E-state index in [4.69, 9.17) is 0 Å². The van der Waals surface area contributed by atoms with Crippen molar-refractivity contribution < 1.29 is 27.1 Å². The lowest BCUT2D eigenvalue weighted by Crippen LogP contribution is -2.36. The Bertz CT molecular complexity index is 1640. The number of anilines is 1. The monoisotopic (exact) mass is 542 g/mol. The van der Waals surface area contributed by atoms with Crippen molar-refractivity contribution in [2.75, 3.05) is 5.32 Å². The van der Waals surface area contributed by atoms with Gasteiger partial charge in [0.05, 0.1) is 17.5 Å². The van der Waals surface area contributed by atoms with Crippen molar-refractivity contribution in [3.63, 3.8) is 0 Å². The zero-order valence-corrected chi connectivity index (χ0v) is 22.4. The Morgan fingerprint density at radius 1 is 1.08 bits per heavy atom. The molecule has 2 aromatic carbocycles. The van der Waals surface area contributed by atoms with Crippen LogP contribution in [-0.2, 0) is 14.8 Å². The van der Waals surface area contributed by atoms with Gasteiger partial charge in [-0.1, -0.05) is 38.5 Å². The first kappa shape index (κ1) is 27.2. The number of hydrogen-bond acceptors (Lipinski definition) is 6. The zero-order valence-electron chi connectivity index (χ0n) is 21.6. The standard InChI is InChI=1S/C27H28F2N4O4S/c1-15-6-8-17(9-7-15)38(36,37)33-14-19(18-10-16(2)11-20(28)24(18)33)25-30-13-21(29)26(32-25)31-22(12-23(34)35)27(3,4)5/h6-11,13-14,22H,12H2,1-5H3,(H,34,35)(H,30,31,32). The fourth-order valence-electron chi connectivity index (χ4n) is 4.12. The van der Waals surface area contributed by atoms with Gasteiger partial charge < -0.3 is 10.4 Å². The third kappa shape index (κ3) is 5.24. The minimum absolute atomic E-state index is 0.0319. The lowest BCUT2D eigenvalue weighted by molar-refractivity contribution is -0.137. The van der Waals surface area contributed by atoms with Crippen molar-refractivity contribution in [1.29, 1.82) is 0 Å². The molecule has 0 saturated carbocycles. The van der Waals surface area contributed by atoms with Gasteiger partial charge in [-0.3, -0.25) is 4.79 Å². The highest BCUT2D eigenvalue weighted by Gasteiger charge is 2.29. The van der Waals surface area contributed by atoms with Gasteiger partial charge in [0, 0.05) is 23.2 Å². The lowest BCUT2D eigenvalue weighted by Gasteiger charge is -2.30. The summed E-state index contributed by atoms with van der Waals surface area (Å²) in [6.45, 7) is 8.91. The topological polar surface area (TPSA) is 114 Å². The van der Waals surface area contributed by atoms with E-state index in [1.165, 1.54) is 24.4 Å². The molecule has 4 aromatic rings. The van der Waals surface area contributed by atoms with Crippen LogP contribution in [0.1, 0.15) is 38.3 Å². The van der Waals surface area contributed by atoms with Crippen molar-refractivity contribution >= 4 is 32.7 Å². The maximum absolute atomic E-state index is 15.3. The number of carboxylic acids is 1. The van der Waals surface area contributed by atoms with Crippen LogP contribution in [0.2, 0.25) is 0 Å². The Morgan fingerprint density at radius 3 is 2.34 bits per heavy atom. The Labute approximate surface area is 219 Å². The number of nitrogens with one attached hydrogen (secondary N) is 1. The van der Waals surface area contributed by atoms with Crippen molar-refractivity contribution in [3.8, 4) is 11.4 Å². The molecule has 2 N–H and O–H groups in total. The quantitative estimate of drug-likeness (QED) is 0.316. The number of carboxylic acid groups (broad SMARTS) is 1. The molecule has 11 heteroatoms. The normalized spacial score (nSPS) is 13.0. The minimum Gasteiger partial charge on any atom is -0.481 e. The molecule has 2 aromatic heterocycles. The molecule has 0 aliphatic rings. The Kier molecular flexibility index (Phi) is 7.00. The average molecular weight is 543 g/mol. The van der Waals surface area contributed by atoms with Crippen LogP contribution < -0.4 is 5.32 Å². The molecule has 0 spiro atoms. The van der Waals surface area contributed by atoms with E-state index in [1.54, 1.807) is 25.1 Å². The number of halogens is 2. The molecule has 0 bridgehead atoms. The highest BCUT2D eigenvalue weighted by atomic mass is 32.2. The third-order valence-electron chi connectivity index (χ3n) is 6.26. The van der Waals surface area contributed by atoms with Crippen molar-refractivity contribution in [1.82, 2.24) is 13.9 Å². The average Bonchev–Trinajstić information content (AvgIpc) is 3.20. The number of carbonyl (C=O) groups is 1. The van der Waals surface area contributed by atoms with Crippen LogP contribution in [0.5, 0.6) is 0 Å². The summed E-state index contributed by atoms with van der Waals surface area (Å²) in [6.07, 6.45) is 1.84. The van der Waals surface area contributed by atoms with Crippen LogP contribution in [-0.4, -0.2) is 39.5 Å². The van der Waals surface area contributed by atoms with E-state index in [1.807, 2.05) is 27.7 Å². The van der Waals surface area contributed by atoms with Gasteiger partial charge in [-0.2, -0.15) is 0 Å². The van der Waals surface area contributed by atoms with Gasteiger partial charge in [0.15, 0.2) is 17.5 Å². The van der Waals surface area contributed by atoms with Crippen molar-refractivity contribution in [2.45, 2.75) is 52.0 Å². The summed E-state index contributed by atoms with van der Waals surface area (Å²) < 4.78 is 58.0. The maximum Gasteiger partial charge on any atom is 0.305 e. The summed E-state index contributed by atoms with van der Waals surface area (Å²) in [5, 5.41) is 12.4. The molecule has 0 aliphatic carbocycles. The summed E-state index contributed by atoms with van der Waals surface area (Å²) in [4.78, 5) is 19.7. The molecule has 0 amide bonds. The van der Waals surface area contributed by atoms with Gasteiger partial charge >= 0.3 is 5.97 Å². The molecule has 4 rings (SSSR count). The first-order valence-corrected chi connectivity index (χ1v) is 13.3. The molecule has 0 saturated heterocycles. The van der Waals surface area contributed by atoms with Gasteiger partial charge in [-0.25, -0.2) is 31.1 Å². The Balaban J connectivity index is 1.91. The van der Waals surface area contributed by atoms with Crippen LogP contribution >= 0.6 is 0 Å². The highest BCUT2D eigenvalue weighted by Crippen LogP contribution is 2.35. The number of aliphatic carboxylic acids is 1. The molecular formula is C27H28F2N4O4S. The second-order valence-electron chi connectivity index (χ2n) is 10.4. The van der Waals surface area contributed by atoms with Crippen LogP contribution in [0.15, 0.2) is 53.7 Å². The Hall–Kier alpha value is -3.86. The second kappa shape index (κ2) is 9.79. The molecule has 0 fully saturated rings. The zero-order chi connectivity index (χ0) is 28.0. The summed E-state index contributed by atoms with van der Waals surface area (Å²) in [5.41, 5.74) is 0.823. The maximum atomic E-state index is 15.3. The number of fused-ring (bicyclic) bond motifs is 1. The third-order valence-corrected chi connectivity index (χ3v) is 7.94. The summed E-state index contributed by atoms with van der Waals surface area (Å²) in [5.74, 6) is -2.93. The van der Waals surface area contributed by atoms with Crippen molar-refractivity contribution in [3.05, 3.63) is 71.6 Å². The fraction of sp³-hybridized carbons (Fsp3) is 0.296. The smallest absolute Gasteiger partial charge is 0.305 e. The van der Waals surface area contributed by atoms with Crippen LogP contribution in [0, 0.1) is 30.9 Å². The summed E-state index contributed by atoms with van der Waals surface area (Å²) in [6, 6.07) is 8.32. The number of aryl methyl sites for hydroxylation is 2. The molecule has 1 unspecified atom stereocenters. The molecule has 0 radical (unpaired) electrons. The van der Waals surface area contributed by atoms with E-state index < -0.39 is 39.1 Å². The van der Waals surface area contributed by atoms with Gasteiger partial charge in [0.1, 0.15) is 11.3 Å². The van der Waals surface area contributed by atoms with Crippen molar-refractivity contribution in [2.24, 2.45) is 5.41 Å². The molecule has 1 atom stereocenters. The highest BCUT2D eigenvalue weighted by molar-refractivity contribution is 7.90. The molecule has 2 heterocycles. The molecular weight excluding hydrogens is 514 g/mol. The first-order chi connectivity index (χ1) is 17.7. The first-order valence-electron chi connectivity index (χ1n) is 11.8. The number of hydrogen-bond donors (Lipinski definition) is 2. The Morgan fingerprint density at radius 2 is 1.74 bits per heavy atom. The number of nitrogens with zero attached hydrogens (tertiary/aromatic N) is 3. The van der Waals surface area contributed by atoms with E-state index in [0.29, 0.717) is 5.56 Å². The van der Waals surface area contributed by atoms with Crippen LogP contribution in [0.3, 0.4) is 0 Å². The van der Waals surface area contributed by atoms with Gasteiger partial charge in [-0.05, 0) is 49.1 Å². The lowest BCUT2D eigenvalue weighted by atomic mass is 9.85. The predicted molar refractivity (Wildman–Crippen MR) is 140 cm³/mol. The SMILES string of the molecule is Cc1ccc(S(=O)(=O)n2cc(-c3ncc(F)c(NC(CC(=O)O)C(C)(C)C)n3)c3cc(C)cc(F)c32)cc1. The number of aromatic nitrogens is 3. The fourth-order valence-corrected chi connectivity index (χ4v) is 5.50. The van der Waals surface area contributed by atoms with Gasteiger partial charge in [-0.15, -0.1) is 0 Å². The second-order valence-corrected chi connectivity index (χ2v) is 12.2. The summed E-state index contributed by atoms with van der Waals surface area (Å²) in [7, 11) is -4.21. The van der Waals surface area contributed by atoms with E-state index in [-0.39, 0.29) is 39.4 Å². The molecule has 200 valence electrons. The minimum atomic E-state index is -4.21. The molecule has 38 heavy (non-hydrogen) atoms. The van der Waals surface area contributed by atoms with E-state index in [9.17, 15) is 22.7 Å². The number of benzene rings is 2. The molecule has 0 aliphatic heterocycles. The van der Waals surface area contributed by atoms with E-state index in [2.05, 4.69) is 15.3 Å². The van der Waals surface area contributed by atoms with Crippen LogP contribution in [0.25, 0.3) is 22.3 Å². The van der Waals surface area contributed by atoms with Gasteiger partial charge in [0.2, 0.25) is 0 Å². The molecule has 8 nitrogen and oxygen atoms in total. The van der Waals surface area contributed by atoms with E-state index in [0.717, 1.165) is 15.7 Å². The largest absolute Gasteiger partial charge is 0.481 e. The van der Waals surface area contributed by atoms with Gasteiger partial charge in [0.25, 0.3) is 10.0 Å². The van der Waals surface area contributed by atoms with Crippen LogP contribution in [0.4, 0.5) is 14.6 Å².